The summed E-state index contributed by atoms with van der Waals surface area (Å²) >= 11 is 1.56. The lowest BCUT2D eigenvalue weighted by Crippen LogP contribution is -2.13. The van der Waals surface area contributed by atoms with Crippen LogP contribution < -0.4 is 0 Å². The summed E-state index contributed by atoms with van der Waals surface area (Å²) in [7, 11) is 0. The molecule has 0 aliphatic carbocycles. The highest BCUT2D eigenvalue weighted by atomic mass is 79.9. The van der Waals surface area contributed by atoms with Crippen molar-refractivity contribution in [2.75, 3.05) is 0 Å². The summed E-state index contributed by atoms with van der Waals surface area (Å²) in [6.07, 6.45) is 0. The molecule has 0 bridgehead atoms. The number of benzene rings is 1. The van der Waals surface area contributed by atoms with Crippen LogP contribution in [0.5, 0.6) is 0 Å². The van der Waals surface area contributed by atoms with Crippen molar-refractivity contribution in [3.63, 3.8) is 0 Å². The maximum atomic E-state index is 13.5. The molecule has 0 aromatic heterocycles. The third-order valence-electron chi connectivity index (χ3n) is 2.03. The summed E-state index contributed by atoms with van der Waals surface area (Å²) < 4.78 is 42.1. The fourth-order valence-electron chi connectivity index (χ4n) is 1.09. The van der Waals surface area contributed by atoms with Gasteiger partial charge in [-0.25, -0.2) is 8.78 Å². The predicted molar refractivity (Wildman–Crippen MR) is 69.5 cm³/mol. The molecule has 0 fully saturated rings. The quantitative estimate of drug-likeness (QED) is 0.475. The van der Waals surface area contributed by atoms with E-state index in [1.165, 1.54) is 6.07 Å². The van der Waals surface area contributed by atoms with E-state index in [4.69, 9.17) is 0 Å². The van der Waals surface area contributed by atoms with Crippen molar-refractivity contribution in [1.29, 1.82) is 0 Å². The van der Waals surface area contributed by atoms with Gasteiger partial charge in [-0.15, -0.1) is 0 Å². The Morgan fingerprint density at radius 3 is 2.47 bits per heavy atom. The molecule has 1 unspecified atom stereocenters. The van der Waals surface area contributed by atoms with Gasteiger partial charge < -0.3 is 4.55 Å². The molecule has 6 heteroatoms. The molecular weight excluding hydrogens is 312 g/mol. The van der Waals surface area contributed by atoms with Crippen molar-refractivity contribution in [2.24, 2.45) is 4.40 Å². The molecule has 0 spiro atoms. The average molecular weight is 324 g/mol. The van der Waals surface area contributed by atoms with Crippen molar-refractivity contribution in [2.45, 2.75) is 26.0 Å². The van der Waals surface area contributed by atoms with Crippen LogP contribution in [0.1, 0.15) is 26.3 Å². The van der Waals surface area contributed by atoms with Gasteiger partial charge in [0.2, 0.25) is 0 Å². The van der Waals surface area contributed by atoms with Crippen molar-refractivity contribution in [3.05, 3.63) is 33.8 Å². The van der Waals surface area contributed by atoms with E-state index in [0.29, 0.717) is 0 Å². The monoisotopic (exact) mass is 323 g/mol. The van der Waals surface area contributed by atoms with Gasteiger partial charge in [-0.2, -0.15) is 0 Å². The normalized spacial score (nSPS) is 14.2. The molecule has 0 saturated carbocycles. The Morgan fingerprint density at radius 1 is 1.35 bits per heavy atom. The highest BCUT2D eigenvalue weighted by molar-refractivity contribution is 9.10. The lowest BCUT2D eigenvalue weighted by molar-refractivity contribution is 0.577. The third kappa shape index (κ3) is 3.76. The molecule has 17 heavy (non-hydrogen) atoms. The van der Waals surface area contributed by atoms with Crippen LogP contribution in [0.3, 0.4) is 0 Å². The van der Waals surface area contributed by atoms with Gasteiger partial charge in [0.05, 0.1) is 21.5 Å². The summed E-state index contributed by atoms with van der Waals surface area (Å²) in [6.45, 7) is 5.05. The fraction of sp³-hybridized carbons (Fsp3) is 0.364. The Bertz CT molecular complexity index is 451. The van der Waals surface area contributed by atoms with E-state index in [1.807, 2.05) is 0 Å². The molecule has 2 nitrogen and oxygen atoms in total. The molecule has 0 amide bonds. The first-order valence-electron chi connectivity index (χ1n) is 4.93. The molecule has 0 N–H and O–H groups in total. The Morgan fingerprint density at radius 2 is 1.94 bits per heavy atom. The van der Waals surface area contributed by atoms with Crippen LogP contribution in [0.15, 0.2) is 21.0 Å². The minimum atomic E-state index is -1.41. The number of rotatable bonds is 3. The second-order valence-electron chi connectivity index (χ2n) is 3.75. The van der Waals surface area contributed by atoms with E-state index in [2.05, 4.69) is 20.3 Å². The molecule has 1 aromatic carbocycles. The molecule has 0 radical (unpaired) electrons. The maximum Gasteiger partial charge on any atom is 0.140 e. The first-order chi connectivity index (χ1) is 7.82. The Kier molecular flexibility index (Phi) is 5.09. The first kappa shape index (κ1) is 14.6. The molecule has 1 aromatic rings. The number of nitrogens with zero attached hydrogens (tertiary/aromatic N) is 1. The van der Waals surface area contributed by atoms with Crippen molar-refractivity contribution >= 4 is 33.0 Å². The second kappa shape index (κ2) is 5.93. The molecule has 1 rings (SSSR count). The predicted octanol–water partition coefficient (Wildman–Crippen LogP) is 3.61. The largest absolute Gasteiger partial charge is 0.591 e. The van der Waals surface area contributed by atoms with Gasteiger partial charge in [-0.1, -0.05) is 4.40 Å². The maximum absolute atomic E-state index is 13.5. The third-order valence-corrected chi connectivity index (χ3v) is 3.90. The summed E-state index contributed by atoms with van der Waals surface area (Å²) in [4.78, 5) is 0. The zero-order valence-electron chi connectivity index (χ0n) is 9.63. The van der Waals surface area contributed by atoms with Gasteiger partial charge in [0.25, 0.3) is 0 Å². The van der Waals surface area contributed by atoms with Crippen LogP contribution in [0.4, 0.5) is 8.78 Å². The van der Waals surface area contributed by atoms with Gasteiger partial charge in [0.1, 0.15) is 16.9 Å². The molecule has 0 aliphatic heterocycles. The Hall–Kier alpha value is -0.460. The SMILES string of the molecule is CC(=N[S+]([O-])C(C)C)c1cc(Br)c(F)cc1F. The van der Waals surface area contributed by atoms with Crippen LogP contribution >= 0.6 is 15.9 Å². The van der Waals surface area contributed by atoms with Crippen molar-refractivity contribution < 1.29 is 13.3 Å². The Balaban J connectivity index is 3.12. The number of halogens is 3. The first-order valence-corrected chi connectivity index (χ1v) is 6.90. The van der Waals surface area contributed by atoms with Crippen LogP contribution in [-0.4, -0.2) is 15.5 Å². The summed E-state index contributed by atoms with van der Waals surface area (Å²) in [5.74, 6) is -1.39. The van der Waals surface area contributed by atoms with E-state index in [9.17, 15) is 13.3 Å². The topological polar surface area (TPSA) is 35.4 Å². The van der Waals surface area contributed by atoms with E-state index >= 15 is 0 Å². The number of hydrogen-bond acceptors (Lipinski definition) is 2. The van der Waals surface area contributed by atoms with Crippen LogP contribution in [0.25, 0.3) is 0 Å². The standard InChI is InChI=1S/C11H12BrF2NOS/c1-6(2)17(16)15-7(3)8-4-9(12)11(14)5-10(8)13/h4-6H,1-3H3. The smallest absolute Gasteiger partial charge is 0.140 e. The van der Waals surface area contributed by atoms with Crippen LogP contribution in [0, 0.1) is 11.6 Å². The van der Waals surface area contributed by atoms with Gasteiger partial charge in [0, 0.05) is 11.6 Å². The van der Waals surface area contributed by atoms with Crippen LogP contribution in [0.2, 0.25) is 0 Å². The van der Waals surface area contributed by atoms with Crippen LogP contribution in [-0.2, 0) is 11.4 Å². The Labute approximate surface area is 111 Å². The molecule has 0 aliphatic rings. The summed E-state index contributed by atoms with van der Waals surface area (Å²) in [5.41, 5.74) is 0.433. The molecule has 0 saturated heterocycles. The second-order valence-corrected chi connectivity index (χ2v) is 6.28. The van der Waals surface area contributed by atoms with Gasteiger partial charge in [-0.3, -0.25) is 0 Å². The van der Waals surface area contributed by atoms with E-state index in [-0.39, 0.29) is 21.0 Å². The molecule has 1 atom stereocenters. The summed E-state index contributed by atoms with van der Waals surface area (Å²) in [5, 5.41) is -0.142. The van der Waals surface area contributed by atoms with Gasteiger partial charge in [0.15, 0.2) is 0 Å². The number of hydrogen-bond donors (Lipinski definition) is 0. The highest BCUT2D eigenvalue weighted by Crippen LogP contribution is 2.21. The lowest BCUT2D eigenvalue weighted by atomic mass is 10.1. The van der Waals surface area contributed by atoms with E-state index in [0.717, 1.165) is 6.07 Å². The summed E-state index contributed by atoms with van der Waals surface area (Å²) in [6, 6.07) is 2.07. The van der Waals surface area contributed by atoms with Crippen molar-refractivity contribution in [1.82, 2.24) is 0 Å². The zero-order valence-corrected chi connectivity index (χ0v) is 12.0. The zero-order chi connectivity index (χ0) is 13.2. The lowest BCUT2D eigenvalue weighted by Gasteiger charge is -2.09. The highest BCUT2D eigenvalue weighted by Gasteiger charge is 2.16. The molecule has 0 heterocycles. The van der Waals surface area contributed by atoms with Gasteiger partial charge in [-0.05, 0) is 42.8 Å². The molecular formula is C11H12BrF2NOS. The molecule has 94 valence electrons. The van der Waals surface area contributed by atoms with E-state index in [1.54, 1.807) is 20.8 Å². The van der Waals surface area contributed by atoms with Gasteiger partial charge >= 0.3 is 0 Å². The van der Waals surface area contributed by atoms with Crippen molar-refractivity contribution in [3.8, 4) is 0 Å². The average Bonchev–Trinajstić information content (AvgIpc) is 2.22. The fourth-order valence-corrected chi connectivity index (χ4v) is 2.01. The minimum absolute atomic E-state index is 0.142. The van der Waals surface area contributed by atoms with E-state index < -0.39 is 23.0 Å². The minimum Gasteiger partial charge on any atom is -0.591 e.